The van der Waals surface area contributed by atoms with E-state index in [0.717, 1.165) is 0 Å². The van der Waals surface area contributed by atoms with E-state index in [2.05, 4.69) is 9.71 Å². The smallest absolute Gasteiger partial charge is 0.243 e. The summed E-state index contributed by atoms with van der Waals surface area (Å²) < 4.78 is 26.9. The van der Waals surface area contributed by atoms with Crippen molar-refractivity contribution in [3.63, 3.8) is 0 Å². The molecule has 0 spiro atoms. The minimum Gasteiger partial charge on any atom is -0.399 e. The number of H-pyrrole nitrogens is 1. The second-order valence-corrected chi connectivity index (χ2v) is 6.47. The zero-order valence-corrected chi connectivity index (χ0v) is 11.9. The van der Waals surface area contributed by atoms with Crippen LogP contribution in [0.1, 0.15) is 0 Å². The van der Waals surface area contributed by atoms with Gasteiger partial charge in [-0.05, 0) is 18.2 Å². The standard InChI is InChI=1S/C12H17N3O5S/c13-8-1-2-9-10(3-8)14-4-11(9)21(19,20)15-12(5-16,6-17)7-18/h1-4,14-18H,5-7,13H2. The molecule has 2 rings (SSSR count). The first-order chi connectivity index (χ1) is 9.87. The van der Waals surface area contributed by atoms with Crippen molar-refractivity contribution in [1.29, 1.82) is 0 Å². The number of nitrogens with one attached hydrogen (secondary N) is 2. The first-order valence-electron chi connectivity index (χ1n) is 6.10. The Hall–Kier alpha value is -1.65. The topological polar surface area (TPSA) is 149 Å². The average Bonchev–Trinajstić information content (AvgIpc) is 2.88. The van der Waals surface area contributed by atoms with Crippen LogP contribution in [0.3, 0.4) is 0 Å². The summed E-state index contributed by atoms with van der Waals surface area (Å²) in [6.07, 6.45) is 1.28. The maximum absolute atomic E-state index is 12.4. The van der Waals surface area contributed by atoms with Gasteiger partial charge in [-0.1, -0.05) is 0 Å². The fraction of sp³-hybridized carbons (Fsp3) is 0.333. The van der Waals surface area contributed by atoms with E-state index in [0.29, 0.717) is 16.6 Å². The molecule has 116 valence electrons. The maximum Gasteiger partial charge on any atom is 0.243 e. The van der Waals surface area contributed by atoms with Gasteiger partial charge in [-0.2, -0.15) is 4.72 Å². The summed E-state index contributed by atoms with van der Waals surface area (Å²) in [6, 6.07) is 4.70. The molecule has 0 unspecified atom stereocenters. The molecule has 8 nitrogen and oxygen atoms in total. The number of nitrogens with two attached hydrogens (primary N) is 1. The molecule has 2 aromatic rings. The third-order valence-electron chi connectivity index (χ3n) is 3.22. The number of aromatic amines is 1. The summed E-state index contributed by atoms with van der Waals surface area (Å²) in [5.74, 6) is 0. The van der Waals surface area contributed by atoms with Crippen molar-refractivity contribution < 1.29 is 23.7 Å². The van der Waals surface area contributed by atoms with E-state index in [1.807, 2.05) is 0 Å². The molecule has 7 N–H and O–H groups in total. The highest BCUT2D eigenvalue weighted by Gasteiger charge is 2.34. The van der Waals surface area contributed by atoms with Gasteiger partial charge < -0.3 is 26.0 Å². The Labute approximate surface area is 121 Å². The lowest BCUT2D eigenvalue weighted by Crippen LogP contribution is -2.56. The van der Waals surface area contributed by atoms with Crippen LogP contribution in [0.4, 0.5) is 5.69 Å². The molecule has 9 heteroatoms. The second-order valence-electron chi connectivity index (χ2n) is 4.82. The largest absolute Gasteiger partial charge is 0.399 e. The van der Waals surface area contributed by atoms with E-state index in [4.69, 9.17) is 5.73 Å². The summed E-state index contributed by atoms with van der Waals surface area (Å²) >= 11 is 0. The minimum atomic E-state index is -4.05. The van der Waals surface area contributed by atoms with Crippen molar-refractivity contribution in [2.45, 2.75) is 10.4 Å². The van der Waals surface area contributed by atoms with E-state index < -0.39 is 35.4 Å². The molecule has 21 heavy (non-hydrogen) atoms. The molecular formula is C12H17N3O5S. The normalized spacial score (nSPS) is 12.9. The van der Waals surface area contributed by atoms with Crippen LogP contribution in [0.5, 0.6) is 0 Å². The van der Waals surface area contributed by atoms with Crippen molar-refractivity contribution in [3.05, 3.63) is 24.4 Å². The predicted octanol–water partition coefficient (Wildman–Crippen LogP) is -1.26. The number of aliphatic hydroxyl groups excluding tert-OH is 3. The van der Waals surface area contributed by atoms with Crippen LogP contribution < -0.4 is 10.5 Å². The van der Waals surface area contributed by atoms with Gasteiger partial charge in [0.2, 0.25) is 10.0 Å². The van der Waals surface area contributed by atoms with Gasteiger partial charge in [-0.15, -0.1) is 0 Å². The number of anilines is 1. The van der Waals surface area contributed by atoms with E-state index in [1.54, 1.807) is 18.2 Å². The van der Waals surface area contributed by atoms with E-state index in [-0.39, 0.29) is 4.90 Å². The number of sulfonamides is 1. The van der Waals surface area contributed by atoms with Crippen LogP contribution in [0.15, 0.2) is 29.3 Å². The van der Waals surface area contributed by atoms with E-state index in [1.165, 1.54) is 6.20 Å². The number of nitrogen functional groups attached to an aromatic ring is 1. The summed E-state index contributed by atoms with van der Waals surface area (Å²) in [4.78, 5) is 2.73. The zero-order chi connectivity index (χ0) is 15.7. The van der Waals surface area contributed by atoms with E-state index >= 15 is 0 Å². The van der Waals surface area contributed by atoms with Crippen LogP contribution >= 0.6 is 0 Å². The summed E-state index contributed by atoms with van der Waals surface area (Å²) in [5, 5.41) is 28.1. The van der Waals surface area contributed by atoms with Crippen molar-refractivity contribution in [3.8, 4) is 0 Å². The Balaban J connectivity index is 2.47. The molecule has 0 aliphatic heterocycles. The van der Waals surface area contributed by atoms with Crippen LogP contribution in [-0.4, -0.2) is 54.1 Å². The van der Waals surface area contributed by atoms with Crippen molar-refractivity contribution >= 4 is 26.6 Å². The molecule has 0 atom stereocenters. The van der Waals surface area contributed by atoms with Crippen molar-refractivity contribution in [2.24, 2.45) is 0 Å². The third-order valence-corrected chi connectivity index (χ3v) is 4.83. The number of hydrogen-bond acceptors (Lipinski definition) is 6. The summed E-state index contributed by atoms with van der Waals surface area (Å²) in [5.41, 5.74) is 4.92. The van der Waals surface area contributed by atoms with Gasteiger partial charge in [-0.3, -0.25) is 0 Å². The monoisotopic (exact) mass is 315 g/mol. The highest BCUT2D eigenvalue weighted by Crippen LogP contribution is 2.25. The highest BCUT2D eigenvalue weighted by atomic mass is 32.2. The fourth-order valence-corrected chi connectivity index (χ4v) is 3.48. The summed E-state index contributed by atoms with van der Waals surface area (Å²) in [7, 11) is -4.05. The van der Waals surface area contributed by atoms with Gasteiger partial charge in [0.05, 0.1) is 19.8 Å². The number of aromatic nitrogens is 1. The number of benzene rings is 1. The van der Waals surface area contributed by atoms with Gasteiger partial charge >= 0.3 is 0 Å². The first kappa shape index (κ1) is 15.7. The molecule has 0 aliphatic rings. The lowest BCUT2D eigenvalue weighted by Gasteiger charge is -2.28. The molecule has 0 aliphatic carbocycles. The number of fused-ring (bicyclic) bond motifs is 1. The highest BCUT2D eigenvalue weighted by molar-refractivity contribution is 7.89. The van der Waals surface area contributed by atoms with Crippen molar-refractivity contribution in [1.82, 2.24) is 9.71 Å². The number of rotatable bonds is 6. The second kappa shape index (κ2) is 5.62. The molecule has 1 aromatic carbocycles. The Kier molecular flexibility index (Phi) is 4.21. The Bertz CT molecular complexity index is 728. The molecule has 1 heterocycles. The molecule has 1 aromatic heterocycles. The number of hydrogen-bond donors (Lipinski definition) is 6. The van der Waals surface area contributed by atoms with Gasteiger partial charge in [0.1, 0.15) is 10.4 Å². The van der Waals surface area contributed by atoms with E-state index in [9.17, 15) is 23.7 Å². The molecular weight excluding hydrogens is 298 g/mol. The molecule has 0 bridgehead atoms. The molecule has 0 radical (unpaired) electrons. The zero-order valence-electron chi connectivity index (χ0n) is 11.1. The van der Waals surface area contributed by atoms with Crippen molar-refractivity contribution in [2.75, 3.05) is 25.6 Å². The van der Waals surface area contributed by atoms with Gasteiger partial charge in [0.15, 0.2) is 0 Å². The molecule has 0 fully saturated rings. The van der Waals surface area contributed by atoms with Crippen LogP contribution in [-0.2, 0) is 10.0 Å². The third kappa shape index (κ3) is 2.87. The number of aliphatic hydroxyl groups is 3. The Morgan fingerprint density at radius 2 is 1.81 bits per heavy atom. The predicted molar refractivity (Wildman–Crippen MR) is 77.0 cm³/mol. The Morgan fingerprint density at radius 1 is 1.19 bits per heavy atom. The first-order valence-corrected chi connectivity index (χ1v) is 7.59. The fourth-order valence-electron chi connectivity index (χ4n) is 1.93. The lowest BCUT2D eigenvalue weighted by atomic mass is 10.1. The van der Waals surface area contributed by atoms with Crippen LogP contribution in [0.25, 0.3) is 10.9 Å². The van der Waals surface area contributed by atoms with Crippen LogP contribution in [0, 0.1) is 0 Å². The Morgan fingerprint density at radius 3 is 2.38 bits per heavy atom. The average molecular weight is 315 g/mol. The SMILES string of the molecule is Nc1ccc2c(S(=O)(=O)NC(CO)(CO)CO)c[nH]c2c1. The quantitative estimate of drug-likeness (QED) is 0.367. The van der Waals surface area contributed by atoms with Crippen LogP contribution in [0.2, 0.25) is 0 Å². The maximum atomic E-state index is 12.4. The molecule has 0 saturated carbocycles. The van der Waals surface area contributed by atoms with Gasteiger partial charge in [0.25, 0.3) is 0 Å². The molecule has 0 saturated heterocycles. The lowest BCUT2D eigenvalue weighted by molar-refractivity contribution is 0.0582. The van der Waals surface area contributed by atoms with Gasteiger partial charge in [0, 0.05) is 22.8 Å². The molecule has 0 amide bonds. The summed E-state index contributed by atoms with van der Waals surface area (Å²) in [6.45, 7) is -2.22. The minimum absolute atomic E-state index is 0.0581. The van der Waals surface area contributed by atoms with Gasteiger partial charge in [-0.25, -0.2) is 8.42 Å².